The molecule has 0 aliphatic carbocycles. The molecule has 1 amide bonds. The summed E-state index contributed by atoms with van der Waals surface area (Å²) in [6.45, 7) is 5.40. The van der Waals surface area contributed by atoms with Crippen LogP contribution in [0.4, 0.5) is 13.2 Å². The van der Waals surface area contributed by atoms with E-state index in [0.717, 1.165) is 6.42 Å². The Morgan fingerprint density at radius 3 is 2.60 bits per heavy atom. The van der Waals surface area contributed by atoms with Gasteiger partial charge in [0.2, 0.25) is 5.91 Å². The number of rotatable bonds is 8. The van der Waals surface area contributed by atoms with Crippen molar-refractivity contribution in [2.24, 2.45) is 4.99 Å². The maximum absolute atomic E-state index is 12.4. The van der Waals surface area contributed by atoms with Crippen molar-refractivity contribution in [3.8, 4) is 0 Å². The number of hydrogen-bond donors (Lipinski definition) is 3. The zero-order valence-corrected chi connectivity index (χ0v) is 17.1. The van der Waals surface area contributed by atoms with Gasteiger partial charge in [-0.25, -0.2) is 0 Å². The Hall–Kier alpha value is -0.780. The maximum atomic E-state index is 12.4. The number of amides is 1. The lowest BCUT2D eigenvalue weighted by Gasteiger charge is -2.19. The number of carbonyl (C=O) groups excluding carboxylic acids is 1. The highest BCUT2D eigenvalue weighted by Crippen LogP contribution is 2.19. The topological polar surface area (TPSA) is 68.8 Å². The second-order valence-electron chi connectivity index (χ2n) is 5.84. The fourth-order valence-corrected chi connectivity index (χ4v) is 2.48. The third kappa shape index (κ3) is 11.4. The number of aliphatic imine (C=N–C) groups is 1. The van der Waals surface area contributed by atoms with Gasteiger partial charge in [-0.2, -0.15) is 13.2 Å². The Bertz CT molecular complexity index is 420. The summed E-state index contributed by atoms with van der Waals surface area (Å²) in [4.78, 5) is 17.2. The number of halogens is 4. The van der Waals surface area contributed by atoms with Gasteiger partial charge in [0.1, 0.15) is 0 Å². The average molecular weight is 479 g/mol. The molecule has 0 aromatic rings. The van der Waals surface area contributed by atoms with Crippen LogP contribution in [0.1, 0.15) is 33.1 Å². The van der Waals surface area contributed by atoms with Gasteiger partial charge in [-0.3, -0.25) is 14.7 Å². The fraction of sp³-hybridized carbons (Fsp3) is 0.867. The fourth-order valence-electron chi connectivity index (χ4n) is 2.48. The first-order valence-corrected chi connectivity index (χ1v) is 8.44. The summed E-state index contributed by atoms with van der Waals surface area (Å²) in [5.74, 6) is 0.494. The Morgan fingerprint density at radius 1 is 1.28 bits per heavy atom. The van der Waals surface area contributed by atoms with E-state index in [2.05, 4.69) is 20.9 Å². The highest BCUT2D eigenvalue weighted by molar-refractivity contribution is 14.0. The third-order valence-electron chi connectivity index (χ3n) is 3.54. The highest BCUT2D eigenvalue weighted by Gasteiger charge is 2.34. The molecule has 1 rings (SSSR count). The molecule has 1 atom stereocenters. The van der Waals surface area contributed by atoms with E-state index in [1.54, 1.807) is 0 Å². The highest BCUT2D eigenvalue weighted by atomic mass is 127. The average Bonchev–Trinajstić information content (AvgIpc) is 2.90. The van der Waals surface area contributed by atoms with E-state index in [0.29, 0.717) is 51.5 Å². The van der Waals surface area contributed by atoms with Crippen LogP contribution in [0.2, 0.25) is 0 Å². The van der Waals surface area contributed by atoms with Crippen molar-refractivity contribution in [2.45, 2.75) is 45.3 Å². The number of nitrogens with one attached hydrogen (secondary N) is 3. The number of likely N-dealkylation sites (tertiary alicyclic amines) is 1. The normalized spacial score (nSPS) is 18.6. The molecule has 0 spiro atoms. The molecule has 6 nitrogen and oxygen atoms in total. The predicted molar refractivity (Wildman–Crippen MR) is 103 cm³/mol. The summed E-state index contributed by atoms with van der Waals surface area (Å²) in [5, 5.41) is 8.98. The predicted octanol–water partition coefficient (Wildman–Crippen LogP) is 1.71. The van der Waals surface area contributed by atoms with Crippen LogP contribution in [0, 0.1) is 0 Å². The van der Waals surface area contributed by atoms with Crippen LogP contribution >= 0.6 is 24.0 Å². The van der Waals surface area contributed by atoms with Gasteiger partial charge in [0, 0.05) is 38.6 Å². The molecule has 1 heterocycles. The van der Waals surface area contributed by atoms with Crippen molar-refractivity contribution in [3.05, 3.63) is 0 Å². The van der Waals surface area contributed by atoms with E-state index < -0.39 is 12.7 Å². The van der Waals surface area contributed by atoms with Gasteiger partial charge in [-0.05, 0) is 19.8 Å². The molecule has 25 heavy (non-hydrogen) atoms. The minimum absolute atomic E-state index is 0. The number of guanidine groups is 1. The maximum Gasteiger partial charge on any atom is 0.401 e. The Labute approximate surface area is 164 Å². The first-order valence-electron chi connectivity index (χ1n) is 8.44. The minimum atomic E-state index is -4.17. The van der Waals surface area contributed by atoms with E-state index in [1.165, 1.54) is 4.90 Å². The monoisotopic (exact) mass is 479 g/mol. The largest absolute Gasteiger partial charge is 0.401 e. The van der Waals surface area contributed by atoms with E-state index in [1.807, 2.05) is 13.8 Å². The summed E-state index contributed by atoms with van der Waals surface area (Å²) in [6.07, 6.45) is -2.35. The molecule has 0 radical (unpaired) electrons. The van der Waals surface area contributed by atoms with Crippen LogP contribution < -0.4 is 16.0 Å². The van der Waals surface area contributed by atoms with E-state index >= 15 is 0 Å². The van der Waals surface area contributed by atoms with E-state index in [-0.39, 0.29) is 35.9 Å². The van der Waals surface area contributed by atoms with Crippen molar-refractivity contribution < 1.29 is 18.0 Å². The van der Waals surface area contributed by atoms with Crippen LogP contribution in [-0.2, 0) is 4.79 Å². The molecule has 1 unspecified atom stereocenters. The standard InChI is InChI=1S/C15H28F3N5O.HI/c1-3-7-20-13(24)5-8-21-14(19-4-2)22-12-6-9-23(10-12)11-15(16,17)18;/h12H,3-11H2,1-2H3,(H,20,24)(H2,19,21,22);1H. The van der Waals surface area contributed by atoms with Crippen molar-refractivity contribution >= 4 is 35.8 Å². The lowest BCUT2D eigenvalue weighted by atomic mass is 10.3. The Kier molecular flexibility index (Phi) is 12.2. The number of nitrogens with zero attached hydrogens (tertiary/aromatic N) is 2. The van der Waals surface area contributed by atoms with Crippen molar-refractivity contribution in [2.75, 3.05) is 39.3 Å². The molecule has 3 N–H and O–H groups in total. The van der Waals surface area contributed by atoms with Gasteiger partial charge < -0.3 is 16.0 Å². The third-order valence-corrected chi connectivity index (χ3v) is 3.54. The van der Waals surface area contributed by atoms with Gasteiger partial charge in [-0.1, -0.05) is 6.92 Å². The van der Waals surface area contributed by atoms with Crippen LogP contribution in [0.3, 0.4) is 0 Å². The summed E-state index contributed by atoms with van der Waals surface area (Å²) < 4.78 is 37.2. The Balaban J connectivity index is 0.00000576. The van der Waals surface area contributed by atoms with Crippen molar-refractivity contribution in [3.63, 3.8) is 0 Å². The van der Waals surface area contributed by atoms with Crippen molar-refractivity contribution in [1.29, 1.82) is 0 Å². The lowest BCUT2D eigenvalue weighted by Crippen LogP contribution is -2.45. The summed E-state index contributed by atoms with van der Waals surface area (Å²) >= 11 is 0. The molecule has 1 aliphatic rings. The zero-order chi connectivity index (χ0) is 18.0. The van der Waals surface area contributed by atoms with Crippen molar-refractivity contribution in [1.82, 2.24) is 20.9 Å². The molecule has 148 valence electrons. The molecule has 1 fully saturated rings. The summed E-state index contributed by atoms with van der Waals surface area (Å²) in [6, 6.07) is -0.0703. The molecular formula is C15H29F3IN5O. The molecule has 0 saturated carbocycles. The quantitative estimate of drug-likeness (QED) is 0.282. The molecule has 1 saturated heterocycles. The van der Waals surface area contributed by atoms with Gasteiger partial charge in [0.15, 0.2) is 5.96 Å². The van der Waals surface area contributed by atoms with Gasteiger partial charge in [-0.15, -0.1) is 24.0 Å². The lowest BCUT2D eigenvalue weighted by molar-refractivity contribution is -0.143. The Morgan fingerprint density at radius 2 is 2.00 bits per heavy atom. The number of alkyl halides is 3. The second kappa shape index (κ2) is 12.6. The smallest absolute Gasteiger partial charge is 0.357 e. The first-order chi connectivity index (χ1) is 11.3. The second-order valence-corrected chi connectivity index (χ2v) is 5.84. The molecule has 0 aromatic carbocycles. The van der Waals surface area contributed by atoms with Crippen LogP contribution in [0.25, 0.3) is 0 Å². The molecule has 0 bridgehead atoms. The number of hydrogen-bond acceptors (Lipinski definition) is 3. The SMILES string of the molecule is CCCNC(=O)CCN=C(NCC)NC1CCN(CC(F)(F)F)C1.I. The van der Waals surface area contributed by atoms with Crippen LogP contribution in [0.5, 0.6) is 0 Å². The summed E-state index contributed by atoms with van der Waals surface area (Å²) in [7, 11) is 0. The van der Waals surface area contributed by atoms with E-state index in [9.17, 15) is 18.0 Å². The minimum Gasteiger partial charge on any atom is -0.357 e. The molecule has 1 aliphatic heterocycles. The number of carbonyl (C=O) groups is 1. The zero-order valence-electron chi connectivity index (χ0n) is 14.8. The first kappa shape index (κ1) is 24.2. The van der Waals surface area contributed by atoms with Crippen LogP contribution in [0.15, 0.2) is 4.99 Å². The molecular weight excluding hydrogens is 450 g/mol. The summed E-state index contributed by atoms with van der Waals surface area (Å²) in [5.41, 5.74) is 0. The van der Waals surface area contributed by atoms with Crippen LogP contribution in [-0.4, -0.2) is 68.3 Å². The van der Waals surface area contributed by atoms with Gasteiger partial charge in [0.05, 0.1) is 13.1 Å². The molecule has 0 aromatic heterocycles. The van der Waals surface area contributed by atoms with Gasteiger partial charge in [0.25, 0.3) is 0 Å². The molecule has 10 heteroatoms. The van der Waals surface area contributed by atoms with E-state index in [4.69, 9.17) is 0 Å². The van der Waals surface area contributed by atoms with Gasteiger partial charge >= 0.3 is 6.18 Å².